The van der Waals surface area contributed by atoms with E-state index in [9.17, 15) is 9.59 Å². The molecule has 5 nitrogen and oxygen atoms in total. The number of rotatable bonds is 5. The van der Waals surface area contributed by atoms with Crippen molar-refractivity contribution in [2.75, 3.05) is 6.61 Å². The number of Topliss-reactive ketones (excluding diaryl/α,β-unsaturated/α-hetero) is 1. The Kier molecular flexibility index (Phi) is 4.40. The summed E-state index contributed by atoms with van der Waals surface area (Å²) in [5.41, 5.74) is 5.09. The van der Waals surface area contributed by atoms with Gasteiger partial charge in [-0.3, -0.25) is 9.59 Å². The van der Waals surface area contributed by atoms with E-state index in [2.05, 4.69) is 0 Å². The molecule has 0 aromatic carbocycles. The van der Waals surface area contributed by atoms with E-state index in [0.717, 1.165) is 0 Å². The van der Waals surface area contributed by atoms with Gasteiger partial charge in [0.15, 0.2) is 5.78 Å². The quantitative estimate of drug-likeness (QED) is 0.467. The van der Waals surface area contributed by atoms with Crippen LogP contribution in [0.2, 0.25) is 0 Å². The van der Waals surface area contributed by atoms with Gasteiger partial charge in [0.25, 0.3) is 0 Å². The SMILES string of the molecule is NC(CCC(=O)CO)C(=O)O. The Morgan fingerprint density at radius 2 is 2.00 bits per heavy atom. The van der Waals surface area contributed by atoms with Crippen molar-refractivity contribution in [1.82, 2.24) is 0 Å². The summed E-state index contributed by atoms with van der Waals surface area (Å²) in [5, 5.41) is 16.5. The molecule has 0 aliphatic rings. The summed E-state index contributed by atoms with van der Waals surface area (Å²) in [6, 6.07) is -1.01. The van der Waals surface area contributed by atoms with Gasteiger partial charge in [0, 0.05) is 6.42 Å². The molecule has 0 spiro atoms. The summed E-state index contributed by atoms with van der Waals surface area (Å²) >= 11 is 0. The van der Waals surface area contributed by atoms with Gasteiger partial charge in [-0.2, -0.15) is 0 Å². The van der Waals surface area contributed by atoms with Crippen LogP contribution in [0, 0.1) is 0 Å². The van der Waals surface area contributed by atoms with E-state index in [1.165, 1.54) is 0 Å². The van der Waals surface area contributed by atoms with Crippen molar-refractivity contribution in [2.45, 2.75) is 18.9 Å². The highest BCUT2D eigenvalue weighted by Gasteiger charge is 2.12. The highest BCUT2D eigenvalue weighted by Crippen LogP contribution is 1.95. The van der Waals surface area contributed by atoms with Crippen LogP contribution >= 0.6 is 0 Å². The van der Waals surface area contributed by atoms with Crippen LogP contribution in [0.25, 0.3) is 0 Å². The maximum Gasteiger partial charge on any atom is 0.320 e. The molecule has 5 heteroatoms. The van der Waals surface area contributed by atoms with Crippen molar-refractivity contribution in [2.24, 2.45) is 5.73 Å². The minimum absolute atomic E-state index is 0.0178. The topological polar surface area (TPSA) is 101 Å². The zero-order valence-corrected chi connectivity index (χ0v) is 5.99. The molecule has 0 heterocycles. The number of aliphatic hydroxyl groups is 1. The van der Waals surface area contributed by atoms with Crippen LogP contribution in [0.5, 0.6) is 0 Å². The second-order valence-electron chi connectivity index (χ2n) is 2.18. The maximum atomic E-state index is 10.4. The summed E-state index contributed by atoms with van der Waals surface area (Å²) in [4.78, 5) is 20.5. The summed E-state index contributed by atoms with van der Waals surface area (Å²) in [5.74, 6) is -1.52. The number of ketones is 1. The number of hydrogen-bond donors (Lipinski definition) is 3. The van der Waals surface area contributed by atoms with Crippen LogP contribution in [-0.2, 0) is 9.59 Å². The molecule has 64 valence electrons. The van der Waals surface area contributed by atoms with Crippen molar-refractivity contribution >= 4 is 11.8 Å². The average Bonchev–Trinajstić information content (AvgIpc) is 1.99. The van der Waals surface area contributed by atoms with Gasteiger partial charge in [-0.15, -0.1) is 0 Å². The third-order valence-electron chi connectivity index (χ3n) is 1.23. The summed E-state index contributed by atoms with van der Waals surface area (Å²) in [6.45, 7) is -0.549. The molecule has 0 aliphatic heterocycles. The van der Waals surface area contributed by atoms with Crippen molar-refractivity contribution in [3.8, 4) is 0 Å². The molecule has 0 fully saturated rings. The van der Waals surface area contributed by atoms with Gasteiger partial charge < -0.3 is 15.9 Å². The fraction of sp³-hybridized carbons (Fsp3) is 0.667. The highest BCUT2D eigenvalue weighted by molar-refractivity contribution is 5.80. The number of carboxylic acid groups (broad SMARTS) is 1. The minimum Gasteiger partial charge on any atom is -0.480 e. The lowest BCUT2D eigenvalue weighted by atomic mass is 10.1. The first-order valence-corrected chi connectivity index (χ1v) is 3.19. The van der Waals surface area contributed by atoms with E-state index in [1.54, 1.807) is 0 Å². The molecule has 11 heavy (non-hydrogen) atoms. The number of aliphatic carboxylic acids is 1. The van der Waals surface area contributed by atoms with Crippen molar-refractivity contribution in [3.63, 3.8) is 0 Å². The molecule has 0 saturated heterocycles. The van der Waals surface area contributed by atoms with Gasteiger partial charge >= 0.3 is 5.97 Å². The largest absolute Gasteiger partial charge is 0.480 e. The molecule has 0 bridgehead atoms. The van der Waals surface area contributed by atoms with Crippen LogP contribution in [-0.4, -0.2) is 34.6 Å². The van der Waals surface area contributed by atoms with Crippen LogP contribution in [0.4, 0.5) is 0 Å². The fourth-order valence-corrected chi connectivity index (χ4v) is 0.519. The first-order valence-electron chi connectivity index (χ1n) is 3.19. The molecule has 0 aliphatic carbocycles. The molecule has 0 saturated carbocycles. The molecule has 1 unspecified atom stereocenters. The second-order valence-corrected chi connectivity index (χ2v) is 2.18. The van der Waals surface area contributed by atoms with Crippen LogP contribution in [0.15, 0.2) is 0 Å². The predicted octanol–water partition coefficient (Wildman–Crippen LogP) is -1.26. The third-order valence-corrected chi connectivity index (χ3v) is 1.23. The van der Waals surface area contributed by atoms with Gasteiger partial charge in [-0.25, -0.2) is 0 Å². The Morgan fingerprint density at radius 3 is 2.36 bits per heavy atom. The molecule has 4 N–H and O–H groups in total. The van der Waals surface area contributed by atoms with Crippen LogP contribution in [0.3, 0.4) is 0 Å². The smallest absolute Gasteiger partial charge is 0.320 e. The lowest BCUT2D eigenvalue weighted by Gasteiger charge is -2.03. The van der Waals surface area contributed by atoms with E-state index in [-0.39, 0.29) is 18.6 Å². The normalized spacial score (nSPS) is 12.5. The number of carbonyl (C=O) groups is 2. The Hall–Kier alpha value is -0.940. The number of hydrogen-bond acceptors (Lipinski definition) is 4. The van der Waals surface area contributed by atoms with Gasteiger partial charge in [0.2, 0.25) is 0 Å². The molecule has 0 rings (SSSR count). The van der Waals surface area contributed by atoms with Gasteiger partial charge in [-0.05, 0) is 6.42 Å². The van der Waals surface area contributed by atoms with Crippen molar-refractivity contribution in [1.29, 1.82) is 0 Å². The second kappa shape index (κ2) is 4.81. The van der Waals surface area contributed by atoms with E-state index < -0.39 is 18.6 Å². The van der Waals surface area contributed by atoms with Crippen LogP contribution < -0.4 is 5.73 Å². The number of aliphatic hydroxyl groups excluding tert-OH is 1. The summed E-state index contributed by atoms with van der Waals surface area (Å²) < 4.78 is 0. The summed E-state index contributed by atoms with van der Waals surface area (Å²) in [6.07, 6.45) is 0.0959. The number of carboxylic acids is 1. The Labute approximate surface area is 63.8 Å². The summed E-state index contributed by atoms with van der Waals surface area (Å²) in [7, 11) is 0. The van der Waals surface area contributed by atoms with E-state index >= 15 is 0 Å². The van der Waals surface area contributed by atoms with Crippen molar-refractivity contribution < 1.29 is 19.8 Å². The first kappa shape index (κ1) is 10.1. The van der Waals surface area contributed by atoms with Gasteiger partial charge in [-0.1, -0.05) is 0 Å². The lowest BCUT2D eigenvalue weighted by molar-refractivity contribution is -0.138. The monoisotopic (exact) mass is 161 g/mol. The Bertz CT molecular complexity index is 157. The minimum atomic E-state index is -1.13. The maximum absolute atomic E-state index is 10.4. The number of carbonyl (C=O) groups excluding carboxylic acids is 1. The number of nitrogens with two attached hydrogens (primary N) is 1. The molecular weight excluding hydrogens is 150 g/mol. The zero-order valence-electron chi connectivity index (χ0n) is 5.99. The lowest BCUT2D eigenvalue weighted by Crippen LogP contribution is -2.30. The zero-order chi connectivity index (χ0) is 8.85. The Morgan fingerprint density at radius 1 is 1.45 bits per heavy atom. The van der Waals surface area contributed by atoms with E-state index in [1.807, 2.05) is 0 Å². The molecular formula is C6H11NO4. The first-order chi connectivity index (χ1) is 5.07. The molecule has 0 aromatic heterocycles. The van der Waals surface area contributed by atoms with Gasteiger partial charge in [0.1, 0.15) is 12.6 Å². The predicted molar refractivity (Wildman–Crippen MR) is 36.9 cm³/mol. The Balaban J connectivity index is 3.54. The van der Waals surface area contributed by atoms with E-state index in [4.69, 9.17) is 15.9 Å². The van der Waals surface area contributed by atoms with Crippen LogP contribution in [0.1, 0.15) is 12.8 Å². The van der Waals surface area contributed by atoms with E-state index in [0.29, 0.717) is 0 Å². The highest BCUT2D eigenvalue weighted by atomic mass is 16.4. The standard InChI is InChI=1S/C6H11NO4/c7-5(6(10)11)2-1-4(9)3-8/h5,8H,1-3,7H2,(H,10,11). The van der Waals surface area contributed by atoms with Gasteiger partial charge in [0.05, 0.1) is 0 Å². The molecule has 0 aromatic rings. The fourth-order valence-electron chi connectivity index (χ4n) is 0.519. The molecule has 0 radical (unpaired) electrons. The third kappa shape index (κ3) is 4.46. The molecule has 1 atom stereocenters. The molecule has 0 amide bonds. The van der Waals surface area contributed by atoms with Crippen molar-refractivity contribution in [3.05, 3.63) is 0 Å². The average molecular weight is 161 g/mol.